The summed E-state index contributed by atoms with van der Waals surface area (Å²) in [5.74, 6) is 1.61. The van der Waals surface area contributed by atoms with Gasteiger partial charge in [-0.2, -0.15) is 0 Å². The molecule has 0 saturated heterocycles. The minimum atomic E-state index is 0.101. The lowest BCUT2D eigenvalue weighted by molar-refractivity contribution is 0.0838. The van der Waals surface area contributed by atoms with Crippen molar-refractivity contribution in [1.82, 2.24) is 0 Å². The molecule has 0 bridgehead atoms. The van der Waals surface area contributed by atoms with Crippen molar-refractivity contribution in [2.45, 2.75) is 33.1 Å². The Morgan fingerprint density at radius 3 is 2.42 bits per heavy atom. The number of carbonyl (C=O) groups is 1. The van der Waals surface area contributed by atoms with Crippen LogP contribution < -0.4 is 9.47 Å². The molecule has 2 rings (SSSR count). The summed E-state index contributed by atoms with van der Waals surface area (Å²) in [5.41, 5.74) is 0.821. The minimum absolute atomic E-state index is 0.101. The standard InChI is InChI=1S/C16H22O3/c1-16(2)9-5-6-12(16)15(17)11-7-8-13(18-3)14(10-11)19-4/h7-8,10,12H,5-6,9H2,1-4H3. The summed E-state index contributed by atoms with van der Waals surface area (Å²) >= 11 is 0. The van der Waals surface area contributed by atoms with Crippen molar-refractivity contribution in [3.8, 4) is 11.5 Å². The smallest absolute Gasteiger partial charge is 0.166 e. The van der Waals surface area contributed by atoms with Crippen molar-refractivity contribution < 1.29 is 14.3 Å². The van der Waals surface area contributed by atoms with Crippen LogP contribution in [-0.4, -0.2) is 20.0 Å². The number of Topliss-reactive ketones (excluding diaryl/α,β-unsaturated/α-hetero) is 1. The lowest BCUT2D eigenvalue weighted by atomic mass is 9.78. The maximum atomic E-state index is 12.6. The second-order valence-corrected chi connectivity index (χ2v) is 5.87. The van der Waals surface area contributed by atoms with Crippen molar-refractivity contribution in [2.24, 2.45) is 11.3 Å². The van der Waals surface area contributed by atoms with Gasteiger partial charge in [-0.3, -0.25) is 4.79 Å². The quantitative estimate of drug-likeness (QED) is 0.776. The Balaban J connectivity index is 2.29. The highest BCUT2D eigenvalue weighted by Crippen LogP contribution is 2.44. The van der Waals surface area contributed by atoms with Gasteiger partial charge in [0.15, 0.2) is 17.3 Å². The fraction of sp³-hybridized carbons (Fsp3) is 0.562. The Morgan fingerprint density at radius 2 is 1.89 bits per heavy atom. The summed E-state index contributed by atoms with van der Waals surface area (Å²) in [5, 5.41) is 0. The van der Waals surface area contributed by atoms with Gasteiger partial charge in [0.05, 0.1) is 14.2 Å². The highest BCUT2D eigenvalue weighted by molar-refractivity contribution is 5.99. The molecule has 0 spiro atoms. The molecule has 19 heavy (non-hydrogen) atoms. The molecule has 0 amide bonds. The zero-order chi connectivity index (χ0) is 14.0. The largest absolute Gasteiger partial charge is 0.493 e. The topological polar surface area (TPSA) is 35.5 Å². The molecule has 3 heteroatoms. The molecule has 104 valence electrons. The van der Waals surface area contributed by atoms with E-state index in [1.807, 2.05) is 6.07 Å². The van der Waals surface area contributed by atoms with Crippen LogP contribution in [0.25, 0.3) is 0 Å². The van der Waals surface area contributed by atoms with Gasteiger partial charge in [-0.15, -0.1) is 0 Å². The second-order valence-electron chi connectivity index (χ2n) is 5.87. The fourth-order valence-electron chi connectivity index (χ4n) is 3.00. The SMILES string of the molecule is COc1ccc(C(=O)C2CCCC2(C)C)cc1OC. The zero-order valence-corrected chi connectivity index (χ0v) is 12.2. The lowest BCUT2D eigenvalue weighted by Crippen LogP contribution is -2.25. The summed E-state index contributed by atoms with van der Waals surface area (Å²) < 4.78 is 10.5. The summed E-state index contributed by atoms with van der Waals surface area (Å²) in [6.45, 7) is 4.37. The first kappa shape index (κ1) is 13.9. The third-order valence-electron chi connectivity index (χ3n) is 4.24. The summed E-state index contributed by atoms with van der Waals surface area (Å²) in [6.07, 6.45) is 3.24. The molecule has 1 fully saturated rings. The lowest BCUT2D eigenvalue weighted by Gasteiger charge is -2.25. The highest BCUT2D eigenvalue weighted by Gasteiger charge is 2.39. The molecule has 1 aliphatic carbocycles. The van der Waals surface area contributed by atoms with E-state index in [-0.39, 0.29) is 17.1 Å². The first-order chi connectivity index (χ1) is 8.99. The van der Waals surface area contributed by atoms with Crippen LogP contribution in [0.2, 0.25) is 0 Å². The number of rotatable bonds is 4. The molecule has 0 aromatic heterocycles. The van der Waals surface area contributed by atoms with Crippen LogP contribution >= 0.6 is 0 Å². The van der Waals surface area contributed by atoms with Crippen LogP contribution in [0.1, 0.15) is 43.5 Å². The Kier molecular flexibility index (Phi) is 3.83. The monoisotopic (exact) mass is 262 g/mol. The van der Waals surface area contributed by atoms with E-state index in [1.54, 1.807) is 26.4 Å². The summed E-state index contributed by atoms with van der Waals surface area (Å²) in [4.78, 5) is 12.6. The fourth-order valence-corrected chi connectivity index (χ4v) is 3.00. The number of carbonyl (C=O) groups excluding carboxylic acids is 1. The highest BCUT2D eigenvalue weighted by atomic mass is 16.5. The number of benzene rings is 1. The third kappa shape index (κ3) is 2.60. The molecule has 0 aliphatic heterocycles. The van der Waals surface area contributed by atoms with Crippen LogP contribution in [0.3, 0.4) is 0 Å². The van der Waals surface area contributed by atoms with E-state index in [9.17, 15) is 4.79 Å². The Morgan fingerprint density at radius 1 is 1.21 bits per heavy atom. The Hall–Kier alpha value is -1.51. The van der Waals surface area contributed by atoms with Gasteiger partial charge in [0, 0.05) is 11.5 Å². The normalized spacial score (nSPS) is 21.2. The molecule has 1 saturated carbocycles. The van der Waals surface area contributed by atoms with E-state index in [0.717, 1.165) is 24.8 Å². The van der Waals surface area contributed by atoms with E-state index in [0.29, 0.717) is 11.5 Å². The van der Waals surface area contributed by atoms with Gasteiger partial charge in [-0.1, -0.05) is 20.3 Å². The van der Waals surface area contributed by atoms with Gasteiger partial charge >= 0.3 is 0 Å². The first-order valence-electron chi connectivity index (χ1n) is 6.76. The molecule has 1 aromatic rings. The van der Waals surface area contributed by atoms with Crippen molar-refractivity contribution in [3.05, 3.63) is 23.8 Å². The predicted octanol–water partition coefficient (Wildman–Crippen LogP) is 3.71. The molecule has 3 nitrogen and oxygen atoms in total. The van der Waals surface area contributed by atoms with Crippen molar-refractivity contribution in [2.75, 3.05) is 14.2 Å². The van der Waals surface area contributed by atoms with E-state index >= 15 is 0 Å². The number of methoxy groups -OCH3 is 2. The zero-order valence-electron chi connectivity index (χ0n) is 12.2. The molecule has 1 aromatic carbocycles. The molecule has 0 heterocycles. The first-order valence-corrected chi connectivity index (χ1v) is 6.76. The molecular formula is C16H22O3. The Labute approximate surface area is 114 Å². The predicted molar refractivity (Wildman–Crippen MR) is 75.0 cm³/mol. The average Bonchev–Trinajstić information content (AvgIpc) is 2.76. The van der Waals surface area contributed by atoms with Crippen molar-refractivity contribution in [1.29, 1.82) is 0 Å². The molecule has 1 aliphatic rings. The maximum Gasteiger partial charge on any atom is 0.166 e. The van der Waals surface area contributed by atoms with E-state index in [4.69, 9.17) is 9.47 Å². The van der Waals surface area contributed by atoms with Crippen molar-refractivity contribution >= 4 is 5.78 Å². The molecule has 1 unspecified atom stereocenters. The van der Waals surface area contributed by atoms with Crippen LogP contribution in [0.5, 0.6) is 11.5 Å². The van der Waals surface area contributed by atoms with Gasteiger partial charge in [-0.25, -0.2) is 0 Å². The van der Waals surface area contributed by atoms with E-state index in [1.165, 1.54) is 0 Å². The van der Waals surface area contributed by atoms with Crippen LogP contribution in [0, 0.1) is 11.3 Å². The minimum Gasteiger partial charge on any atom is -0.493 e. The summed E-state index contributed by atoms with van der Waals surface area (Å²) in [7, 11) is 3.19. The van der Waals surface area contributed by atoms with Crippen LogP contribution in [0.4, 0.5) is 0 Å². The average molecular weight is 262 g/mol. The number of hydrogen-bond acceptors (Lipinski definition) is 3. The van der Waals surface area contributed by atoms with Gasteiger partial charge < -0.3 is 9.47 Å². The second kappa shape index (κ2) is 5.24. The van der Waals surface area contributed by atoms with Gasteiger partial charge in [0.25, 0.3) is 0 Å². The molecular weight excluding hydrogens is 240 g/mol. The van der Waals surface area contributed by atoms with Crippen LogP contribution in [0.15, 0.2) is 18.2 Å². The van der Waals surface area contributed by atoms with Crippen molar-refractivity contribution in [3.63, 3.8) is 0 Å². The number of hydrogen-bond donors (Lipinski definition) is 0. The van der Waals surface area contributed by atoms with E-state index in [2.05, 4.69) is 13.8 Å². The van der Waals surface area contributed by atoms with Gasteiger partial charge in [0.2, 0.25) is 0 Å². The Bertz CT molecular complexity index is 477. The number of ether oxygens (including phenoxy) is 2. The number of ketones is 1. The molecule has 0 N–H and O–H groups in total. The molecule has 0 radical (unpaired) electrons. The molecule has 1 atom stereocenters. The van der Waals surface area contributed by atoms with E-state index < -0.39 is 0 Å². The third-order valence-corrected chi connectivity index (χ3v) is 4.24. The van der Waals surface area contributed by atoms with Gasteiger partial charge in [0.1, 0.15) is 0 Å². The maximum absolute atomic E-state index is 12.6. The van der Waals surface area contributed by atoms with Crippen LogP contribution in [-0.2, 0) is 0 Å². The van der Waals surface area contributed by atoms with Gasteiger partial charge in [-0.05, 0) is 36.5 Å². The summed E-state index contributed by atoms with van der Waals surface area (Å²) in [6, 6.07) is 5.42.